The van der Waals surface area contributed by atoms with Crippen molar-refractivity contribution in [3.05, 3.63) is 64.2 Å². The Morgan fingerprint density at radius 3 is 3.04 bits per heavy atom. The van der Waals surface area contributed by atoms with Gasteiger partial charge in [-0.3, -0.25) is 4.68 Å². The van der Waals surface area contributed by atoms with Crippen molar-refractivity contribution in [1.82, 2.24) is 15.1 Å². The fourth-order valence-electron chi connectivity index (χ4n) is 3.25. The number of benzene rings is 1. The molecule has 0 fully saturated rings. The number of carboxylic acids is 1. The number of fused-ring (bicyclic) bond motifs is 1. The second-order valence-corrected chi connectivity index (χ2v) is 6.48. The van der Waals surface area contributed by atoms with Crippen molar-refractivity contribution in [3.63, 3.8) is 0 Å². The molecule has 1 aliphatic carbocycles. The molecule has 132 valence electrons. The average molecular weight is 364 g/mol. The van der Waals surface area contributed by atoms with E-state index in [0.29, 0.717) is 36.5 Å². The lowest BCUT2D eigenvalue weighted by Gasteiger charge is -2.24. The predicted molar refractivity (Wildman–Crippen MR) is 93.4 cm³/mol. The lowest BCUT2D eigenvalue weighted by atomic mass is 9.91. The van der Waals surface area contributed by atoms with Gasteiger partial charge in [0.1, 0.15) is 5.82 Å². The van der Waals surface area contributed by atoms with Gasteiger partial charge < -0.3 is 10.4 Å². The first-order chi connectivity index (χ1) is 12.0. The highest BCUT2D eigenvalue weighted by Crippen LogP contribution is 2.26. The molecule has 3 rings (SSSR count). The Kier molecular flexibility index (Phi) is 5.20. The molecule has 0 radical (unpaired) electrons. The molecule has 25 heavy (non-hydrogen) atoms. The van der Waals surface area contributed by atoms with Crippen LogP contribution in [0.15, 0.2) is 30.9 Å². The maximum atomic E-state index is 13.9. The molecule has 0 unspecified atom stereocenters. The Morgan fingerprint density at radius 1 is 1.56 bits per heavy atom. The monoisotopic (exact) mass is 363 g/mol. The standard InChI is InChI=1S/C18H19ClFN3O2/c1-2-8-23-16-7-6-11(9-12(16)17(22-23)18(24)25)21-10-13-14(19)4-3-5-15(13)20/h2-5,11,21H,1,6-10H2,(H,24,25)/t11-/m0/s1. The number of hydrogen-bond acceptors (Lipinski definition) is 3. The highest BCUT2D eigenvalue weighted by molar-refractivity contribution is 6.31. The minimum absolute atomic E-state index is 0.0441. The highest BCUT2D eigenvalue weighted by Gasteiger charge is 2.28. The van der Waals surface area contributed by atoms with Crippen molar-refractivity contribution in [2.24, 2.45) is 0 Å². The molecule has 2 N–H and O–H groups in total. The molecule has 7 heteroatoms. The molecule has 1 atom stereocenters. The molecule has 1 aromatic heterocycles. The van der Waals surface area contributed by atoms with E-state index in [-0.39, 0.29) is 17.6 Å². The van der Waals surface area contributed by atoms with E-state index in [2.05, 4.69) is 17.0 Å². The van der Waals surface area contributed by atoms with E-state index in [1.54, 1.807) is 22.9 Å². The fourth-order valence-corrected chi connectivity index (χ4v) is 3.48. The van der Waals surface area contributed by atoms with E-state index < -0.39 is 5.97 Å². The van der Waals surface area contributed by atoms with E-state index in [1.807, 2.05) is 0 Å². The number of allylic oxidation sites excluding steroid dienone is 1. The molecule has 0 saturated heterocycles. The number of nitrogens with zero attached hydrogens (tertiary/aromatic N) is 2. The lowest BCUT2D eigenvalue weighted by molar-refractivity contribution is 0.0688. The fraction of sp³-hybridized carbons (Fsp3) is 0.333. The van der Waals surface area contributed by atoms with Crippen molar-refractivity contribution >= 4 is 17.6 Å². The van der Waals surface area contributed by atoms with Gasteiger partial charge in [0.15, 0.2) is 5.69 Å². The third kappa shape index (κ3) is 3.60. The van der Waals surface area contributed by atoms with E-state index >= 15 is 0 Å². The molecule has 1 heterocycles. The second-order valence-electron chi connectivity index (χ2n) is 6.07. The maximum absolute atomic E-state index is 13.9. The van der Waals surface area contributed by atoms with Gasteiger partial charge in [0.2, 0.25) is 0 Å². The molecule has 0 amide bonds. The smallest absolute Gasteiger partial charge is 0.356 e. The zero-order valence-corrected chi connectivity index (χ0v) is 14.4. The van der Waals surface area contributed by atoms with Crippen molar-refractivity contribution in [1.29, 1.82) is 0 Å². The number of nitrogens with one attached hydrogen (secondary N) is 1. The zero-order valence-electron chi connectivity index (χ0n) is 13.6. The molecule has 0 spiro atoms. The van der Waals surface area contributed by atoms with Gasteiger partial charge in [-0.25, -0.2) is 9.18 Å². The number of carbonyl (C=O) groups is 1. The summed E-state index contributed by atoms with van der Waals surface area (Å²) in [4.78, 5) is 11.5. The van der Waals surface area contributed by atoms with Gasteiger partial charge in [-0.1, -0.05) is 23.7 Å². The van der Waals surface area contributed by atoms with Crippen LogP contribution in [0, 0.1) is 5.82 Å². The Labute approximate surface area is 150 Å². The normalized spacial score (nSPS) is 16.5. The Hall–Kier alpha value is -2.18. The molecule has 1 aromatic carbocycles. The summed E-state index contributed by atoms with van der Waals surface area (Å²) in [7, 11) is 0. The molecular formula is C18H19ClFN3O2. The number of aromatic carboxylic acids is 1. The maximum Gasteiger partial charge on any atom is 0.356 e. The highest BCUT2D eigenvalue weighted by atomic mass is 35.5. The SMILES string of the molecule is C=CCn1nc(C(=O)O)c2c1CC[C@H](NCc1c(F)cccc1Cl)C2. The number of rotatable bonds is 6. The first kappa shape index (κ1) is 17.6. The van der Waals surface area contributed by atoms with Gasteiger partial charge in [0.05, 0.1) is 6.54 Å². The van der Waals surface area contributed by atoms with Crippen LogP contribution in [0.25, 0.3) is 0 Å². The molecule has 0 bridgehead atoms. The summed E-state index contributed by atoms with van der Waals surface area (Å²) in [6, 6.07) is 4.65. The van der Waals surface area contributed by atoms with Gasteiger partial charge in [-0.2, -0.15) is 5.10 Å². The van der Waals surface area contributed by atoms with Gasteiger partial charge in [0.25, 0.3) is 0 Å². The van der Waals surface area contributed by atoms with Gasteiger partial charge in [-0.05, 0) is 31.4 Å². The third-order valence-corrected chi connectivity index (χ3v) is 4.83. The van der Waals surface area contributed by atoms with Crippen molar-refractivity contribution in [2.75, 3.05) is 0 Å². The topological polar surface area (TPSA) is 67.2 Å². The summed E-state index contributed by atoms with van der Waals surface area (Å²) in [5.41, 5.74) is 2.21. The van der Waals surface area contributed by atoms with Crippen LogP contribution in [0.4, 0.5) is 4.39 Å². The largest absolute Gasteiger partial charge is 0.476 e. The average Bonchev–Trinajstić information content (AvgIpc) is 2.93. The first-order valence-electron chi connectivity index (χ1n) is 8.10. The lowest BCUT2D eigenvalue weighted by Crippen LogP contribution is -2.35. The summed E-state index contributed by atoms with van der Waals surface area (Å²) in [6.07, 6.45) is 3.77. The van der Waals surface area contributed by atoms with E-state index in [4.69, 9.17) is 11.6 Å². The Balaban J connectivity index is 1.77. The van der Waals surface area contributed by atoms with Crippen LogP contribution in [0.1, 0.15) is 33.7 Å². The molecular weight excluding hydrogens is 345 g/mol. The Bertz CT molecular complexity index is 799. The first-order valence-corrected chi connectivity index (χ1v) is 8.48. The van der Waals surface area contributed by atoms with Crippen LogP contribution in [-0.2, 0) is 25.9 Å². The predicted octanol–water partition coefficient (Wildman–Crippen LogP) is 3.21. The summed E-state index contributed by atoms with van der Waals surface area (Å²) in [5, 5.41) is 17.3. The van der Waals surface area contributed by atoms with Gasteiger partial charge in [0, 0.05) is 34.4 Å². The van der Waals surface area contributed by atoms with E-state index in [0.717, 1.165) is 17.7 Å². The Morgan fingerprint density at radius 2 is 2.36 bits per heavy atom. The van der Waals surface area contributed by atoms with Crippen molar-refractivity contribution < 1.29 is 14.3 Å². The molecule has 1 aliphatic rings. The minimum atomic E-state index is -1.03. The van der Waals surface area contributed by atoms with E-state index in [9.17, 15) is 14.3 Å². The van der Waals surface area contributed by atoms with Crippen molar-refractivity contribution in [2.45, 2.75) is 38.4 Å². The van der Waals surface area contributed by atoms with Crippen LogP contribution in [0.5, 0.6) is 0 Å². The third-order valence-electron chi connectivity index (χ3n) is 4.48. The molecule has 5 nitrogen and oxygen atoms in total. The molecule has 2 aromatic rings. The summed E-state index contributed by atoms with van der Waals surface area (Å²) < 4.78 is 15.6. The number of hydrogen-bond donors (Lipinski definition) is 2. The minimum Gasteiger partial charge on any atom is -0.476 e. The summed E-state index contributed by atoms with van der Waals surface area (Å²) in [5.74, 6) is -1.38. The van der Waals surface area contributed by atoms with Crippen LogP contribution < -0.4 is 5.32 Å². The van der Waals surface area contributed by atoms with Gasteiger partial charge >= 0.3 is 5.97 Å². The van der Waals surface area contributed by atoms with Crippen LogP contribution in [0.3, 0.4) is 0 Å². The summed E-state index contributed by atoms with van der Waals surface area (Å²) in [6.45, 7) is 4.47. The number of aromatic nitrogens is 2. The second kappa shape index (κ2) is 7.37. The molecule has 0 aliphatic heterocycles. The van der Waals surface area contributed by atoms with Crippen LogP contribution in [-0.4, -0.2) is 26.9 Å². The number of carboxylic acid groups (broad SMARTS) is 1. The van der Waals surface area contributed by atoms with Crippen LogP contribution >= 0.6 is 11.6 Å². The van der Waals surface area contributed by atoms with E-state index in [1.165, 1.54) is 6.07 Å². The summed E-state index contributed by atoms with van der Waals surface area (Å²) >= 11 is 6.05. The van der Waals surface area contributed by atoms with Crippen molar-refractivity contribution in [3.8, 4) is 0 Å². The molecule has 0 saturated carbocycles. The van der Waals surface area contributed by atoms with Gasteiger partial charge in [-0.15, -0.1) is 6.58 Å². The quantitative estimate of drug-likeness (QED) is 0.773. The van der Waals surface area contributed by atoms with Crippen LogP contribution in [0.2, 0.25) is 5.02 Å². The zero-order chi connectivity index (χ0) is 18.0. The number of halogens is 2.